The number of benzene rings is 2. The van der Waals surface area contributed by atoms with Crippen LogP contribution in [-0.2, 0) is 4.43 Å². The van der Waals surface area contributed by atoms with Crippen molar-refractivity contribution in [3.8, 4) is 17.5 Å². The second-order valence-electron chi connectivity index (χ2n) is 11.2. The molecule has 1 saturated heterocycles. The van der Waals surface area contributed by atoms with Crippen LogP contribution in [0.1, 0.15) is 45.2 Å². The van der Waals surface area contributed by atoms with Crippen molar-refractivity contribution in [2.75, 3.05) is 36.4 Å². The molecule has 2 heterocycles. The second kappa shape index (κ2) is 11.5. The van der Waals surface area contributed by atoms with Gasteiger partial charge in [-0.1, -0.05) is 32.4 Å². The zero-order chi connectivity index (χ0) is 27.5. The lowest BCUT2D eigenvalue weighted by Gasteiger charge is -2.40. The topological polar surface area (TPSA) is 99.2 Å². The number of nitrogens with one attached hydrogen (secondary N) is 2. The van der Waals surface area contributed by atoms with Gasteiger partial charge in [-0.2, -0.15) is 5.26 Å². The zero-order valence-corrected chi connectivity index (χ0v) is 24.8. The Balaban J connectivity index is 1.60. The third-order valence-electron chi connectivity index (χ3n) is 7.47. The summed E-state index contributed by atoms with van der Waals surface area (Å²) < 4.78 is 12.9. The van der Waals surface area contributed by atoms with E-state index in [9.17, 15) is 5.26 Å². The number of piperazine rings is 1. The number of anilines is 2. The van der Waals surface area contributed by atoms with E-state index in [2.05, 4.69) is 77.8 Å². The molecule has 2 atom stereocenters. The van der Waals surface area contributed by atoms with Gasteiger partial charge in [0, 0.05) is 43.1 Å². The Morgan fingerprint density at radius 2 is 1.82 bits per heavy atom. The van der Waals surface area contributed by atoms with Crippen LogP contribution >= 0.6 is 11.6 Å². The Hall–Kier alpha value is -2.90. The first kappa shape index (κ1) is 28.1. The maximum absolute atomic E-state index is 9.25. The van der Waals surface area contributed by atoms with Crippen LogP contribution in [0.25, 0.3) is 11.5 Å². The summed E-state index contributed by atoms with van der Waals surface area (Å²) in [6, 6.07) is 15.2. The van der Waals surface area contributed by atoms with Crippen molar-refractivity contribution < 1.29 is 8.84 Å². The van der Waals surface area contributed by atoms with Gasteiger partial charge in [-0.25, -0.2) is 0 Å². The first-order chi connectivity index (χ1) is 18.0. The van der Waals surface area contributed by atoms with Gasteiger partial charge >= 0.3 is 0 Å². The summed E-state index contributed by atoms with van der Waals surface area (Å²) in [7, 11) is -2.09. The number of halogens is 1. The van der Waals surface area contributed by atoms with Gasteiger partial charge in [-0.3, -0.25) is 0 Å². The van der Waals surface area contributed by atoms with Crippen LogP contribution in [-0.4, -0.2) is 50.8 Å². The summed E-state index contributed by atoms with van der Waals surface area (Å²) >= 11 is 6.31. The Morgan fingerprint density at radius 1 is 1.13 bits per heavy atom. The molecule has 2 unspecified atom stereocenters. The highest BCUT2D eigenvalue weighted by atomic mass is 35.5. The van der Waals surface area contributed by atoms with Gasteiger partial charge < -0.3 is 24.4 Å². The third-order valence-corrected chi connectivity index (χ3v) is 12.4. The molecule has 2 N–H and O–H groups in total. The number of hydrogen-bond acceptors (Lipinski definition) is 8. The SMILES string of the molecule is CC(O[Si](C)(C)C(C)(C)C)C(Nc1ccc(C#N)c(Cl)c1)c1nnc(-c2ccc(N3CCNCC3)cc2)o1. The molecular formula is C28H37ClN6O2Si. The van der Waals surface area contributed by atoms with E-state index in [1.165, 1.54) is 5.69 Å². The van der Waals surface area contributed by atoms with Crippen molar-refractivity contribution in [1.29, 1.82) is 5.26 Å². The van der Waals surface area contributed by atoms with Gasteiger partial charge in [0.25, 0.3) is 0 Å². The molecular weight excluding hydrogens is 516 g/mol. The Bertz CT molecular complexity index is 1280. The van der Waals surface area contributed by atoms with Gasteiger partial charge in [0.05, 0.1) is 16.7 Å². The molecule has 0 radical (unpaired) electrons. The summed E-state index contributed by atoms with van der Waals surface area (Å²) in [5, 5.41) is 25.3. The van der Waals surface area contributed by atoms with E-state index < -0.39 is 14.4 Å². The van der Waals surface area contributed by atoms with Gasteiger partial charge in [-0.05, 0) is 67.5 Å². The number of aromatic nitrogens is 2. The van der Waals surface area contributed by atoms with Gasteiger partial charge in [0.1, 0.15) is 12.1 Å². The minimum absolute atomic E-state index is 0.0374. The molecule has 1 aliphatic heterocycles. The fraction of sp³-hybridized carbons (Fsp3) is 0.464. The molecule has 0 spiro atoms. The lowest BCUT2D eigenvalue weighted by Crippen LogP contribution is -2.45. The summed E-state index contributed by atoms with van der Waals surface area (Å²) in [6.45, 7) is 17.1. The maximum atomic E-state index is 9.25. The highest BCUT2D eigenvalue weighted by Gasteiger charge is 2.41. The highest BCUT2D eigenvalue weighted by molar-refractivity contribution is 6.74. The lowest BCUT2D eigenvalue weighted by atomic mass is 10.1. The van der Waals surface area contributed by atoms with E-state index in [1.807, 2.05) is 25.1 Å². The molecule has 3 aromatic rings. The second-order valence-corrected chi connectivity index (χ2v) is 16.4. The van der Waals surface area contributed by atoms with Crippen LogP contribution in [0.2, 0.25) is 23.2 Å². The molecule has 0 aliphatic carbocycles. The fourth-order valence-corrected chi connectivity index (χ4v) is 5.82. The molecule has 0 amide bonds. The van der Waals surface area contributed by atoms with E-state index >= 15 is 0 Å². The standard InChI is InChI=1S/C28H37ClN6O2Si/c1-19(37-38(5,6)28(2,3)4)25(32-22-10-7-21(18-30)24(29)17-22)27-34-33-26(36-27)20-8-11-23(12-9-20)35-15-13-31-14-16-35/h7-12,17,19,25,31-32H,13-16H2,1-6H3. The Labute approximate surface area is 231 Å². The first-order valence-corrected chi connectivity index (χ1v) is 16.3. The third kappa shape index (κ3) is 6.38. The predicted octanol–water partition coefficient (Wildman–Crippen LogP) is 6.23. The minimum atomic E-state index is -2.09. The van der Waals surface area contributed by atoms with Crippen LogP contribution in [0, 0.1) is 11.3 Å². The molecule has 0 saturated carbocycles. The van der Waals surface area contributed by atoms with Crippen molar-refractivity contribution in [2.24, 2.45) is 0 Å². The van der Waals surface area contributed by atoms with Crippen molar-refractivity contribution in [3.63, 3.8) is 0 Å². The van der Waals surface area contributed by atoms with Gasteiger partial charge in [-0.15, -0.1) is 10.2 Å². The molecule has 0 bridgehead atoms. The molecule has 8 nitrogen and oxygen atoms in total. The average Bonchev–Trinajstić information content (AvgIpc) is 3.37. The molecule has 1 fully saturated rings. The average molecular weight is 553 g/mol. The van der Waals surface area contributed by atoms with E-state index in [-0.39, 0.29) is 11.1 Å². The van der Waals surface area contributed by atoms with Crippen LogP contribution in [0.4, 0.5) is 11.4 Å². The van der Waals surface area contributed by atoms with Crippen molar-refractivity contribution in [1.82, 2.24) is 15.5 Å². The van der Waals surface area contributed by atoms with E-state index in [0.717, 1.165) is 37.4 Å². The van der Waals surface area contributed by atoms with Crippen molar-refractivity contribution >= 4 is 31.3 Å². The quantitative estimate of drug-likeness (QED) is 0.317. The van der Waals surface area contributed by atoms with E-state index in [1.54, 1.807) is 12.1 Å². The largest absolute Gasteiger partial charge is 0.418 e. The highest BCUT2D eigenvalue weighted by Crippen LogP contribution is 2.39. The number of rotatable bonds is 8. The van der Waals surface area contributed by atoms with Crippen LogP contribution in [0.3, 0.4) is 0 Å². The molecule has 4 rings (SSSR count). The lowest BCUT2D eigenvalue weighted by molar-refractivity contribution is 0.166. The fourth-order valence-electron chi connectivity index (χ4n) is 4.18. The summed E-state index contributed by atoms with van der Waals surface area (Å²) in [4.78, 5) is 2.36. The smallest absolute Gasteiger partial charge is 0.247 e. The maximum Gasteiger partial charge on any atom is 0.247 e. The van der Waals surface area contributed by atoms with Crippen LogP contribution in [0.15, 0.2) is 46.9 Å². The molecule has 10 heteroatoms. The summed E-state index contributed by atoms with van der Waals surface area (Å²) in [6.07, 6.45) is -0.270. The molecule has 2 aromatic carbocycles. The number of nitriles is 1. The Morgan fingerprint density at radius 3 is 2.42 bits per heavy atom. The molecule has 1 aromatic heterocycles. The predicted molar refractivity (Wildman–Crippen MR) is 155 cm³/mol. The van der Waals surface area contributed by atoms with E-state index in [4.69, 9.17) is 20.4 Å². The normalized spacial score (nSPS) is 16.1. The van der Waals surface area contributed by atoms with Crippen LogP contribution < -0.4 is 15.5 Å². The molecule has 38 heavy (non-hydrogen) atoms. The van der Waals surface area contributed by atoms with Crippen LogP contribution in [0.5, 0.6) is 0 Å². The summed E-state index contributed by atoms with van der Waals surface area (Å²) in [5.41, 5.74) is 3.21. The minimum Gasteiger partial charge on any atom is -0.418 e. The van der Waals surface area contributed by atoms with Crippen molar-refractivity contribution in [3.05, 3.63) is 58.9 Å². The van der Waals surface area contributed by atoms with Gasteiger partial charge in [0.2, 0.25) is 11.8 Å². The van der Waals surface area contributed by atoms with Gasteiger partial charge in [0.15, 0.2) is 8.32 Å². The zero-order valence-electron chi connectivity index (χ0n) is 23.0. The molecule has 202 valence electrons. The number of hydrogen-bond donors (Lipinski definition) is 2. The van der Waals surface area contributed by atoms with E-state index in [0.29, 0.717) is 22.4 Å². The first-order valence-electron chi connectivity index (χ1n) is 13.0. The number of nitrogens with zero attached hydrogens (tertiary/aromatic N) is 4. The summed E-state index contributed by atoms with van der Waals surface area (Å²) in [5.74, 6) is 0.883. The Kier molecular flexibility index (Phi) is 8.48. The molecule has 1 aliphatic rings. The van der Waals surface area contributed by atoms with Crippen molar-refractivity contribution in [2.45, 2.75) is 58.0 Å². The monoisotopic (exact) mass is 552 g/mol.